The minimum absolute atomic E-state index is 0.143. The van der Waals surface area contributed by atoms with Crippen molar-refractivity contribution in [2.45, 2.75) is 13.5 Å². The van der Waals surface area contributed by atoms with Crippen molar-refractivity contribution in [1.29, 1.82) is 0 Å². The molecule has 0 unspecified atom stereocenters. The van der Waals surface area contributed by atoms with Gasteiger partial charge in [0.15, 0.2) is 0 Å². The summed E-state index contributed by atoms with van der Waals surface area (Å²) >= 11 is 0. The number of rotatable bonds is 3. The predicted octanol–water partition coefficient (Wildman–Crippen LogP) is -0.975. The van der Waals surface area contributed by atoms with Crippen LogP contribution >= 0.6 is 0 Å². The maximum atomic E-state index is 11.7. The highest BCUT2D eigenvalue weighted by molar-refractivity contribution is 5.93. The van der Waals surface area contributed by atoms with Gasteiger partial charge in [0.05, 0.1) is 6.20 Å². The summed E-state index contributed by atoms with van der Waals surface area (Å²) < 4.78 is 0. The maximum Gasteiger partial charge on any atom is 0.325 e. The molecule has 0 saturated heterocycles. The number of nitrogens with one attached hydrogen (secondary N) is 4. The quantitative estimate of drug-likeness (QED) is 0.558. The summed E-state index contributed by atoms with van der Waals surface area (Å²) in [5.74, 6) is -0.562. The summed E-state index contributed by atoms with van der Waals surface area (Å²) in [7, 11) is 0. The third-order valence-corrected chi connectivity index (χ3v) is 2.44. The molecule has 0 aliphatic heterocycles. The third kappa shape index (κ3) is 2.37. The van der Waals surface area contributed by atoms with E-state index in [1.54, 1.807) is 6.20 Å². The van der Waals surface area contributed by atoms with Gasteiger partial charge in [-0.15, -0.1) is 0 Å². The SMILES string of the molecule is Cc1[nH]ncc1CNC(=O)c1c[nH]c(=O)[nH]c1=O. The van der Waals surface area contributed by atoms with Crippen molar-refractivity contribution < 1.29 is 4.79 Å². The lowest BCUT2D eigenvalue weighted by atomic mass is 10.2. The van der Waals surface area contributed by atoms with Crippen molar-refractivity contribution in [2.75, 3.05) is 0 Å². The van der Waals surface area contributed by atoms with Gasteiger partial charge in [0, 0.05) is 24.0 Å². The van der Waals surface area contributed by atoms with Gasteiger partial charge in [0.1, 0.15) is 5.56 Å². The molecule has 0 radical (unpaired) electrons. The monoisotopic (exact) mass is 249 g/mol. The third-order valence-electron chi connectivity index (χ3n) is 2.44. The Morgan fingerprint density at radius 2 is 2.22 bits per heavy atom. The van der Waals surface area contributed by atoms with E-state index in [4.69, 9.17) is 0 Å². The number of nitrogens with zero attached hydrogens (tertiary/aromatic N) is 1. The number of hydrogen-bond acceptors (Lipinski definition) is 4. The van der Waals surface area contributed by atoms with E-state index in [0.717, 1.165) is 17.5 Å². The molecule has 0 aliphatic rings. The van der Waals surface area contributed by atoms with Crippen LogP contribution in [0.4, 0.5) is 0 Å². The molecular formula is C10H11N5O3. The molecule has 0 aliphatic carbocycles. The highest BCUT2D eigenvalue weighted by atomic mass is 16.2. The first-order chi connectivity index (χ1) is 8.58. The molecule has 0 fully saturated rings. The second-order valence-corrected chi connectivity index (χ2v) is 3.69. The topological polar surface area (TPSA) is 123 Å². The number of amides is 1. The van der Waals surface area contributed by atoms with Crippen LogP contribution in [0.3, 0.4) is 0 Å². The van der Waals surface area contributed by atoms with Crippen LogP contribution in [0.5, 0.6) is 0 Å². The number of carbonyl (C=O) groups is 1. The van der Waals surface area contributed by atoms with Crippen molar-refractivity contribution in [2.24, 2.45) is 0 Å². The average molecular weight is 249 g/mol. The molecule has 0 aromatic carbocycles. The fourth-order valence-corrected chi connectivity index (χ4v) is 1.40. The van der Waals surface area contributed by atoms with E-state index >= 15 is 0 Å². The van der Waals surface area contributed by atoms with Gasteiger partial charge in [-0.2, -0.15) is 5.10 Å². The van der Waals surface area contributed by atoms with Gasteiger partial charge in [0.2, 0.25) is 0 Å². The Labute approximate surface area is 100 Å². The van der Waals surface area contributed by atoms with E-state index in [0.29, 0.717) is 0 Å². The second-order valence-electron chi connectivity index (χ2n) is 3.69. The summed E-state index contributed by atoms with van der Waals surface area (Å²) in [6, 6.07) is 0. The summed E-state index contributed by atoms with van der Waals surface area (Å²) in [6.45, 7) is 2.07. The van der Waals surface area contributed by atoms with Crippen LogP contribution in [0, 0.1) is 6.92 Å². The average Bonchev–Trinajstić information content (AvgIpc) is 2.72. The molecular weight excluding hydrogens is 238 g/mol. The van der Waals surface area contributed by atoms with E-state index < -0.39 is 17.2 Å². The van der Waals surface area contributed by atoms with Crippen LogP contribution in [-0.2, 0) is 6.54 Å². The molecule has 2 heterocycles. The molecule has 0 bridgehead atoms. The zero-order chi connectivity index (χ0) is 13.1. The molecule has 8 heteroatoms. The molecule has 94 valence electrons. The van der Waals surface area contributed by atoms with Gasteiger partial charge in [-0.05, 0) is 6.92 Å². The Hall–Kier alpha value is -2.64. The number of hydrogen-bond donors (Lipinski definition) is 4. The normalized spacial score (nSPS) is 10.3. The number of carbonyl (C=O) groups excluding carboxylic acids is 1. The molecule has 2 aromatic rings. The van der Waals surface area contributed by atoms with E-state index in [1.807, 2.05) is 11.9 Å². The first-order valence-electron chi connectivity index (χ1n) is 5.17. The van der Waals surface area contributed by atoms with E-state index in [9.17, 15) is 14.4 Å². The fourth-order valence-electron chi connectivity index (χ4n) is 1.40. The minimum Gasteiger partial charge on any atom is -0.348 e. The predicted molar refractivity (Wildman–Crippen MR) is 62.2 cm³/mol. The Bertz CT molecular complexity index is 681. The van der Waals surface area contributed by atoms with Crippen molar-refractivity contribution in [3.63, 3.8) is 0 Å². The molecule has 2 aromatic heterocycles. The first kappa shape index (κ1) is 11.8. The Balaban J connectivity index is 2.11. The highest BCUT2D eigenvalue weighted by Crippen LogP contribution is 2.01. The fraction of sp³-hybridized carbons (Fsp3) is 0.200. The van der Waals surface area contributed by atoms with Crippen molar-refractivity contribution in [3.05, 3.63) is 50.1 Å². The molecule has 0 saturated carbocycles. The van der Waals surface area contributed by atoms with Gasteiger partial charge in [-0.1, -0.05) is 0 Å². The smallest absolute Gasteiger partial charge is 0.325 e. The summed E-state index contributed by atoms with van der Waals surface area (Å²) in [6.07, 6.45) is 2.67. The highest BCUT2D eigenvalue weighted by Gasteiger charge is 2.11. The molecule has 0 spiro atoms. The Morgan fingerprint density at radius 3 is 2.83 bits per heavy atom. The van der Waals surface area contributed by atoms with Crippen LogP contribution in [0.25, 0.3) is 0 Å². The zero-order valence-corrected chi connectivity index (χ0v) is 9.53. The van der Waals surface area contributed by atoms with Gasteiger partial charge in [-0.25, -0.2) is 4.79 Å². The number of aromatic amines is 3. The molecule has 2 rings (SSSR count). The summed E-state index contributed by atoms with van der Waals surface area (Å²) in [5, 5.41) is 9.11. The van der Waals surface area contributed by atoms with E-state index in [-0.39, 0.29) is 12.1 Å². The van der Waals surface area contributed by atoms with Gasteiger partial charge < -0.3 is 10.3 Å². The van der Waals surface area contributed by atoms with Crippen LogP contribution in [0.1, 0.15) is 21.6 Å². The molecule has 18 heavy (non-hydrogen) atoms. The molecule has 0 atom stereocenters. The lowest BCUT2D eigenvalue weighted by molar-refractivity contribution is 0.0949. The van der Waals surface area contributed by atoms with Crippen molar-refractivity contribution in [1.82, 2.24) is 25.5 Å². The lowest BCUT2D eigenvalue weighted by Crippen LogP contribution is -2.33. The zero-order valence-electron chi connectivity index (χ0n) is 9.53. The van der Waals surface area contributed by atoms with E-state index in [1.165, 1.54) is 0 Å². The van der Waals surface area contributed by atoms with Gasteiger partial charge in [0.25, 0.3) is 11.5 Å². The standard InChI is InChI=1S/C10H11N5O3/c1-5-6(3-13-15-5)2-11-8(16)7-4-12-10(18)14-9(7)17/h3-4H,2H2,1H3,(H,11,16)(H,13,15)(H2,12,14,17,18). The van der Waals surface area contributed by atoms with Crippen LogP contribution in [0.2, 0.25) is 0 Å². The number of aromatic nitrogens is 4. The van der Waals surface area contributed by atoms with Gasteiger partial charge in [-0.3, -0.25) is 19.7 Å². The Morgan fingerprint density at radius 1 is 1.44 bits per heavy atom. The molecule has 8 nitrogen and oxygen atoms in total. The molecule has 1 amide bonds. The maximum absolute atomic E-state index is 11.7. The largest absolute Gasteiger partial charge is 0.348 e. The van der Waals surface area contributed by atoms with Gasteiger partial charge >= 0.3 is 5.69 Å². The number of aryl methyl sites for hydroxylation is 1. The van der Waals surface area contributed by atoms with E-state index in [2.05, 4.69) is 20.5 Å². The van der Waals surface area contributed by atoms with Crippen LogP contribution < -0.4 is 16.6 Å². The van der Waals surface area contributed by atoms with Crippen LogP contribution in [0.15, 0.2) is 22.0 Å². The van der Waals surface area contributed by atoms with Crippen LogP contribution in [-0.4, -0.2) is 26.1 Å². The minimum atomic E-state index is -0.722. The lowest BCUT2D eigenvalue weighted by Gasteiger charge is -2.03. The van der Waals surface area contributed by atoms with Crippen molar-refractivity contribution in [3.8, 4) is 0 Å². The Kier molecular flexibility index (Phi) is 3.09. The van der Waals surface area contributed by atoms with Crippen molar-refractivity contribution >= 4 is 5.91 Å². The second kappa shape index (κ2) is 4.70. The molecule has 4 N–H and O–H groups in total. The summed E-state index contributed by atoms with van der Waals surface area (Å²) in [4.78, 5) is 38.1. The number of H-pyrrole nitrogens is 3. The first-order valence-corrected chi connectivity index (χ1v) is 5.17. The summed E-state index contributed by atoms with van der Waals surface area (Å²) in [5.41, 5.74) is 0.146.